The van der Waals surface area contributed by atoms with E-state index in [9.17, 15) is 13.2 Å². The van der Waals surface area contributed by atoms with Crippen molar-refractivity contribution >= 4 is 33.2 Å². The van der Waals surface area contributed by atoms with Gasteiger partial charge < -0.3 is 11.1 Å². The molecule has 0 aliphatic carbocycles. The summed E-state index contributed by atoms with van der Waals surface area (Å²) in [6, 6.07) is 4.39. The molecule has 6 nitrogen and oxygen atoms in total. The molecule has 0 atom stereocenters. The Morgan fingerprint density at radius 2 is 2.00 bits per heavy atom. The van der Waals surface area contributed by atoms with Crippen LogP contribution in [-0.4, -0.2) is 38.8 Å². The number of sulfonamides is 1. The molecule has 0 saturated carbocycles. The molecule has 0 aromatic heterocycles. The van der Waals surface area contributed by atoms with Gasteiger partial charge in [-0.2, -0.15) is 4.31 Å². The van der Waals surface area contributed by atoms with Crippen LogP contribution in [0.4, 0.5) is 5.69 Å². The molecule has 1 amide bonds. The second-order valence-corrected chi connectivity index (χ2v) is 7.32. The second-order valence-electron chi connectivity index (χ2n) is 4.97. The molecular weight excluding hydrogens is 314 g/mol. The van der Waals surface area contributed by atoms with Crippen LogP contribution >= 0.6 is 11.6 Å². The average molecular weight is 332 g/mol. The molecule has 1 fully saturated rings. The van der Waals surface area contributed by atoms with Crippen LogP contribution in [0.15, 0.2) is 23.1 Å². The van der Waals surface area contributed by atoms with Crippen molar-refractivity contribution in [2.24, 2.45) is 5.92 Å². The van der Waals surface area contributed by atoms with Crippen molar-refractivity contribution in [3.8, 4) is 0 Å². The Balaban J connectivity index is 2.19. The number of amides is 1. The molecule has 0 unspecified atom stereocenters. The summed E-state index contributed by atoms with van der Waals surface area (Å²) in [6.07, 6.45) is 0.999. The number of hydrogen-bond donors (Lipinski definition) is 2. The zero-order valence-electron chi connectivity index (χ0n) is 11.7. The molecule has 8 heteroatoms. The maximum absolute atomic E-state index is 12.6. The maximum Gasteiger partial charge on any atom is 0.245 e. The van der Waals surface area contributed by atoms with Crippen molar-refractivity contribution < 1.29 is 13.2 Å². The third-order valence-corrected chi connectivity index (χ3v) is 5.85. The van der Waals surface area contributed by atoms with E-state index in [1.54, 1.807) is 13.1 Å². The summed E-state index contributed by atoms with van der Waals surface area (Å²) in [4.78, 5) is 11.6. The Labute approximate surface area is 129 Å². The number of rotatable bonds is 3. The smallest absolute Gasteiger partial charge is 0.245 e. The van der Waals surface area contributed by atoms with Crippen LogP contribution in [0.5, 0.6) is 0 Å². The van der Waals surface area contributed by atoms with Crippen LogP contribution in [0.3, 0.4) is 0 Å². The highest BCUT2D eigenvalue weighted by Gasteiger charge is 2.32. The molecule has 1 aromatic carbocycles. The predicted octanol–water partition coefficient (Wildman–Crippen LogP) is 1.07. The fraction of sp³-hybridized carbons (Fsp3) is 0.462. The lowest BCUT2D eigenvalue weighted by atomic mass is 9.97. The lowest BCUT2D eigenvalue weighted by Gasteiger charge is -2.30. The Hall–Kier alpha value is -1.31. The summed E-state index contributed by atoms with van der Waals surface area (Å²) in [7, 11) is -2.10. The summed E-state index contributed by atoms with van der Waals surface area (Å²) in [5.74, 6) is -0.188. The zero-order valence-corrected chi connectivity index (χ0v) is 13.2. The van der Waals surface area contributed by atoms with E-state index in [1.807, 2.05) is 0 Å². The van der Waals surface area contributed by atoms with Crippen LogP contribution in [-0.2, 0) is 14.8 Å². The molecule has 2 rings (SSSR count). The summed E-state index contributed by atoms with van der Waals surface area (Å²) < 4.78 is 26.5. The van der Waals surface area contributed by atoms with Crippen molar-refractivity contribution in [3.63, 3.8) is 0 Å². The van der Waals surface area contributed by atoms with Gasteiger partial charge in [-0.15, -0.1) is 0 Å². The standard InChI is InChI=1S/C13H18ClN3O3S/c1-16-13(18)9-4-6-17(7-5-9)21(19,20)12-8-10(14)2-3-11(12)15/h2-3,8-9H,4-7,15H2,1H3,(H,16,18). The van der Waals surface area contributed by atoms with Gasteiger partial charge in [0.1, 0.15) is 4.90 Å². The summed E-state index contributed by atoms with van der Waals surface area (Å²) in [5.41, 5.74) is 5.92. The number of carbonyl (C=O) groups is 1. The van der Waals surface area contributed by atoms with Gasteiger partial charge >= 0.3 is 0 Å². The number of benzene rings is 1. The maximum atomic E-state index is 12.6. The van der Waals surface area contributed by atoms with Gasteiger partial charge in [-0.3, -0.25) is 4.79 Å². The first-order valence-electron chi connectivity index (χ1n) is 6.63. The van der Waals surface area contributed by atoms with Gasteiger partial charge in [0.2, 0.25) is 15.9 Å². The second kappa shape index (κ2) is 6.21. The predicted molar refractivity (Wildman–Crippen MR) is 81.4 cm³/mol. The van der Waals surface area contributed by atoms with Crippen LogP contribution < -0.4 is 11.1 Å². The normalized spacial score (nSPS) is 17.6. The van der Waals surface area contributed by atoms with Crippen molar-refractivity contribution in [1.82, 2.24) is 9.62 Å². The highest BCUT2D eigenvalue weighted by Crippen LogP contribution is 2.29. The van der Waals surface area contributed by atoms with E-state index in [0.29, 0.717) is 31.0 Å². The fourth-order valence-electron chi connectivity index (χ4n) is 2.43. The van der Waals surface area contributed by atoms with E-state index < -0.39 is 10.0 Å². The number of nitrogens with zero attached hydrogens (tertiary/aromatic N) is 1. The summed E-state index contributed by atoms with van der Waals surface area (Å²) >= 11 is 5.85. The molecule has 0 radical (unpaired) electrons. The molecule has 1 aliphatic heterocycles. The van der Waals surface area contributed by atoms with E-state index in [-0.39, 0.29) is 22.4 Å². The van der Waals surface area contributed by atoms with E-state index in [4.69, 9.17) is 17.3 Å². The molecule has 0 bridgehead atoms. The molecule has 0 spiro atoms. The number of halogens is 1. The van der Waals surface area contributed by atoms with Crippen LogP contribution in [0, 0.1) is 5.92 Å². The first-order valence-corrected chi connectivity index (χ1v) is 8.45. The van der Waals surface area contributed by atoms with E-state index in [0.717, 1.165) is 0 Å². The first-order chi connectivity index (χ1) is 9.86. The number of nitrogen functional groups attached to an aromatic ring is 1. The molecule has 3 N–H and O–H groups in total. The SMILES string of the molecule is CNC(=O)C1CCN(S(=O)(=O)c2cc(Cl)ccc2N)CC1. The lowest BCUT2D eigenvalue weighted by Crippen LogP contribution is -2.42. The zero-order chi connectivity index (χ0) is 15.6. The largest absolute Gasteiger partial charge is 0.398 e. The number of nitrogens with one attached hydrogen (secondary N) is 1. The van der Waals surface area contributed by atoms with Crippen molar-refractivity contribution in [1.29, 1.82) is 0 Å². The number of carbonyl (C=O) groups excluding carboxylic acids is 1. The minimum absolute atomic E-state index is 0.0217. The summed E-state index contributed by atoms with van der Waals surface area (Å²) in [5, 5.41) is 2.91. The van der Waals surface area contributed by atoms with Gasteiger partial charge in [-0.1, -0.05) is 11.6 Å². The summed E-state index contributed by atoms with van der Waals surface area (Å²) in [6.45, 7) is 0.596. The Bertz CT molecular complexity index is 640. The molecule has 116 valence electrons. The van der Waals surface area contributed by atoms with Gasteiger partial charge in [0.05, 0.1) is 5.69 Å². The van der Waals surface area contributed by atoms with Crippen LogP contribution in [0.2, 0.25) is 5.02 Å². The quantitative estimate of drug-likeness (QED) is 0.810. The molecule has 21 heavy (non-hydrogen) atoms. The highest BCUT2D eigenvalue weighted by molar-refractivity contribution is 7.89. The first kappa shape index (κ1) is 16.1. The van der Waals surface area contributed by atoms with E-state index in [2.05, 4.69) is 5.32 Å². The Morgan fingerprint density at radius 3 is 2.57 bits per heavy atom. The Kier molecular flexibility index (Phi) is 4.75. The fourth-order valence-corrected chi connectivity index (χ4v) is 4.28. The molecular formula is C13H18ClN3O3S. The van der Waals surface area contributed by atoms with Gasteiger partial charge in [-0.25, -0.2) is 8.42 Å². The third-order valence-electron chi connectivity index (χ3n) is 3.66. The van der Waals surface area contributed by atoms with Crippen molar-refractivity contribution in [3.05, 3.63) is 23.2 Å². The van der Waals surface area contributed by atoms with Crippen molar-refractivity contribution in [2.45, 2.75) is 17.7 Å². The number of nitrogens with two attached hydrogens (primary N) is 1. The van der Waals surface area contributed by atoms with E-state index in [1.165, 1.54) is 16.4 Å². The highest BCUT2D eigenvalue weighted by atomic mass is 35.5. The average Bonchev–Trinajstić information content (AvgIpc) is 2.49. The minimum atomic E-state index is -3.68. The topological polar surface area (TPSA) is 92.5 Å². The minimum Gasteiger partial charge on any atom is -0.398 e. The molecule has 1 aliphatic rings. The van der Waals surface area contributed by atoms with Crippen molar-refractivity contribution in [2.75, 3.05) is 25.9 Å². The van der Waals surface area contributed by atoms with Gasteiger partial charge in [-0.05, 0) is 31.0 Å². The lowest BCUT2D eigenvalue weighted by molar-refractivity contribution is -0.125. The van der Waals surface area contributed by atoms with Crippen LogP contribution in [0.1, 0.15) is 12.8 Å². The van der Waals surface area contributed by atoms with Gasteiger partial charge in [0.15, 0.2) is 0 Å². The van der Waals surface area contributed by atoms with Gasteiger partial charge in [0, 0.05) is 31.1 Å². The van der Waals surface area contributed by atoms with Gasteiger partial charge in [0.25, 0.3) is 0 Å². The number of anilines is 1. The molecule has 1 heterocycles. The number of hydrogen-bond acceptors (Lipinski definition) is 4. The third kappa shape index (κ3) is 3.30. The number of piperidine rings is 1. The molecule has 1 aromatic rings. The van der Waals surface area contributed by atoms with Crippen LogP contribution in [0.25, 0.3) is 0 Å². The van der Waals surface area contributed by atoms with E-state index >= 15 is 0 Å². The monoisotopic (exact) mass is 331 g/mol. The Morgan fingerprint density at radius 1 is 1.38 bits per heavy atom. The molecule has 1 saturated heterocycles.